The summed E-state index contributed by atoms with van der Waals surface area (Å²) in [4.78, 5) is 37.1. The Morgan fingerprint density at radius 3 is 2.20 bits per heavy atom. The Bertz CT molecular complexity index is 813. The third-order valence-corrected chi connectivity index (χ3v) is 3.98. The first kappa shape index (κ1) is 16.7. The first-order valence-electron chi connectivity index (χ1n) is 8.02. The molecule has 1 fully saturated rings. The topological polar surface area (TPSA) is 78.5 Å². The minimum absolute atomic E-state index is 0.111. The molecule has 3 amide bonds. The Morgan fingerprint density at radius 2 is 1.60 bits per heavy atom. The molecule has 1 aliphatic heterocycles. The monoisotopic (exact) mass is 337 g/mol. The maximum Gasteiger partial charge on any atom is 0.256 e. The second-order valence-electron chi connectivity index (χ2n) is 6.06. The van der Waals surface area contributed by atoms with Crippen molar-refractivity contribution in [2.24, 2.45) is 0 Å². The van der Waals surface area contributed by atoms with Crippen LogP contribution in [0.5, 0.6) is 0 Å². The summed E-state index contributed by atoms with van der Waals surface area (Å²) in [5, 5.41) is 5.77. The number of nitrogens with zero attached hydrogens (tertiary/aromatic N) is 1. The number of anilines is 3. The molecule has 6 heteroatoms. The summed E-state index contributed by atoms with van der Waals surface area (Å²) in [6, 6.07) is 13.7. The number of amides is 3. The highest BCUT2D eigenvalue weighted by molar-refractivity contribution is 6.23. The van der Waals surface area contributed by atoms with Gasteiger partial charge in [-0.05, 0) is 43.3 Å². The first-order valence-corrected chi connectivity index (χ1v) is 8.02. The maximum atomic E-state index is 12.6. The second kappa shape index (κ2) is 6.76. The van der Waals surface area contributed by atoms with Gasteiger partial charge in [0, 0.05) is 18.3 Å². The lowest BCUT2D eigenvalue weighted by Gasteiger charge is -2.16. The summed E-state index contributed by atoms with van der Waals surface area (Å²) in [5.41, 5.74) is 3.04. The first-order chi connectivity index (χ1) is 11.9. The molecule has 25 heavy (non-hydrogen) atoms. The molecule has 0 bridgehead atoms. The smallest absolute Gasteiger partial charge is 0.256 e. The Labute approximate surface area is 145 Å². The van der Waals surface area contributed by atoms with Crippen LogP contribution in [0.4, 0.5) is 17.1 Å². The molecule has 1 saturated heterocycles. The fourth-order valence-corrected chi connectivity index (χ4v) is 2.76. The molecule has 0 unspecified atom stereocenters. The SMILES string of the molecule is CC(=O)Nc1ccc(N[C@@H]2CC(=O)N(c3ccc(C)cc3)C2=O)cc1. The van der Waals surface area contributed by atoms with Crippen LogP contribution in [0.25, 0.3) is 0 Å². The van der Waals surface area contributed by atoms with Crippen LogP contribution in [0.2, 0.25) is 0 Å². The number of benzene rings is 2. The maximum absolute atomic E-state index is 12.6. The molecule has 0 spiro atoms. The van der Waals surface area contributed by atoms with Gasteiger partial charge in [-0.15, -0.1) is 0 Å². The zero-order valence-corrected chi connectivity index (χ0v) is 14.1. The zero-order chi connectivity index (χ0) is 18.0. The minimum atomic E-state index is -0.597. The van der Waals surface area contributed by atoms with Crippen molar-refractivity contribution in [1.82, 2.24) is 0 Å². The number of rotatable bonds is 4. The molecule has 1 heterocycles. The fraction of sp³-hybridized carbons (Fsp3) is 0.211. The summed E-state index contributed by atoms with van der Waals surface area (Å²) in [6.45, 7) is 3.39. The molecule has 2 N–H and O–H groups in total. The Hall–Kier alpha value is -3.15. The standard InChI is InChI=1S/C19H19N3O3/c1-12-3-9-16(10-4-12)22-18(24)11-17(19(22)25)21-15-7-5-14(6-8-15)20-13(2)23/h3-10,17,21H,11H2,1-2H3,(H,20,23)/t17-/m1/s1. The number of aryl methyl sites for hydroxylation is 1. The molecule has 6 nitrogen and oxygen atoms in total. The number of imide groups is 1. The molecule has 0 saturated carbocycles. The van der Waals surface area contributed by atoms with Crippen LogP contribution in [0.3, 0.4) is 0 Å². The molecule has 128 valence electrons. The van der Waals surface area contributed by atoms with E-state index in [1.165, 1.54) is 11.8 Å². The van der Waals surface area contributed by atoms with Gasteiger partial charge in [0.15, 0.2) is 0 Å². The van der Waals surface area contributed by atoms with E-state index in [1.54, 1.807) is 36.4 Å². The van der Waals surface area contributed by atoms with E-state index in [4.69, 9.17) is 0 Å². The van der Waals surface area contributed by atoms with Crippen LogP contribution >= 0.6 is 0 Å². The van der Waals surface area contributed by atoms with Crippen LogP contribution in [0.15, 0.2) is 48.5 Å². The Balaban J connectivity index is 1.71. The number of carbonyl (C=O) groups excluding carboxylic acids is 3. The van der Waals surface area contributed by atoms with E-state index in [2.05, 4.69) is 10.6 Å². The van der Waals surface area contributed by atoms with Gasteiger partial charge in [-0.2, -0.15) is 0 Å². The van der Waals surface area contributed by atoms with E-state index in [9.17, 15) is 14.4 Å². The number of hydrogen-bond acceptors (Lipinski definition) is 4. The zero-order valence-electron chi connectivity index (χ0n) is 14.1. The quantitative estimate of drug-likeness (QED) is 0.841. The predicted octanol–water partition coefficient (Wildman–Crippen LogP) is 2.70. The summed E-state index contributed by atoms with van der Waals surface area (Å²) in [5.74, 6) is -0.632. The van der Waals surface area contributed by atoms with Crippen LogP contribution in [-0.4, -0.2) is 23.8 Å². The van der Waals surface area contributed by atoms with Gasteiger partial charge < -0.3 is 10.6 Å². The van der Waals surface area contributed by atoms with Crippen molar-refractivity contribution in [2.75, 3.05) is 15.5 Å². The van der Waals surface area contributed by atoms with Gasteiger partial charge in [0.1, 0.15) is 6.04 Å². The summed E-state index contributed by atoms with van der Waals surface area (Å²) >= 11 is 0. The minimum Gasteiger partial charge on any atom is -0.373 e. The Morgan fingerprint density at radius 1 is 1.00 bits per heavy atom. The molecule has 0 radical (unpaired) electrons. The molecule has 1 atom stereocenters. The van der Waals surface area contributed by atoms with E-state index in [-0.39, 0.29) is 24.1 Å². The third-order valence-electron chi connectivity index (χ3n) is 3.98. The van der Waals surface area contributed by atoms with Crippen molar-refractivity contribution in [1.29, 1.82) is 0 Å². The van der Waals surface area contributed by atoms with Gasteiger partial charge in [0.2, 0.25) is 11.8 Å². The molecular weight excluding hydrogens is 318 g/mol. The van der Waals surface area contributed by atoms with Gasteiger partial charge in [0.05, 0.1) is 12.1 Å². The normalized spacial score (nSPS) is 16.9. The van der Waals surface area contributed by atoms with Gasteiger partial charge in [-0.3, -0.25) is 14.4 Å². The van der Waals surface area contributed by atoms with Gasteiger partial charge in [-0.1, -0.05) is 17.7 Å². The molecule has 0 aliphatic carbocycles. The lowest BCUT2D eigenvalue weighted by atomic mass is 10.2. The molecule has 2 aromatic rings. The van der Waals surface area contributed by atoms with Crippen molar-refractivity contribution in [2.45, 2.75) is 26.3 Å². The number of carbonyl (C=O) groups is 3. The van der Waals surface area contributed by atoms with E-state index in [1.807, 2.05) is 19.1 Å². The fourth-order valence-electron chi connectivity index (χ4n) is 2.76. The van der Waals surface area contributed by atoms with E-state index in [0.29, 0.717) is 17.1 Å². The largest absolute Gasteiger partial charge is 0.373 e. The van der Waals surface area contributed by atoms with Crippen molar-refractivity contribution >= 4 is 34.8 Å². The second-order valence-corrected chi connectivity index (χ2v) is 6.06. The van der Waals surface area contributed by atoms with E-state index < -0.39 is 6.04 Å². The van der Waals surface area contributed by atoms with Crippen LogP contribution in [-0.2, 0) is 14.4 Å². The van der Waals surface area contributed by atoms with Crippen molar-refractivity contribution < 1.29 is 14.4 Å². The lowest BCUT2D eigenvalue weighted by Crippen LogP contribution is -2.34. The van der Waals surface area contributed by atoms with Crippen LogP contribution in [0, 0.1) is 6.92 Å². The predicted molar refractivity (Wildman–Crippen MR) is 96.4 cm³/mol. The van der Waals surface area contributed by atoms with E-state index in [0.717, 1.165) is 5.56 Å². The highest BCUT2D eigenvalue weighted by atomic mass is 16.2. The molecular formula is C19H19N3O3. The average Bonchev–Trinajstić information content (AvgIpc) is 2.84. The average molecular weight is 337 g/mol. The summed E-state index contributed by atoms with van der Waals surface area (Å²) in [6.07, 6.45) is 0.111. The molecule has 2 aromatic carbocycles. The molecule has 1 aliphatic rings. The lowest BCUT2D eigenvalue weighted by molar-refractivity contribution is -0.121. The van der Waals surface area contributed by atoms with Gasteiger partial charge in [0.25, 0.3) is 5.91 Å². The van der Waals surface area contributed by atoms with Crippen molar-refractivity contribution in [3.05, 3.63) is 54.1 Å². The third kappa shape index (κ3) is 3.68. The van der Waals surface area contributed by atoms with Gasteiger partial charge in [-0.25, -0.2) is 4.90 Å². The Kier molecular flexibility index (Phi) is 4.52. The molecule has 0 aromatic heterocycles. The van der Waals surface area contributed by atoms with Gasteiger partial charge >= 0.3 is 0 Å². The van der Waals surface area contributed by atoms with E-state index >= 15 is 0 Å². The van der Waals surface area contributed by atoms with Crippen molar-refractivity contribution in [3.63, 3.8) is 0 Å². The summed E-state index contributed by atoms with van der Waals surface area (Å²) < 4.78 is 0. The van der Waals surface area contributed by atoms with Crippen LogP contribution < -0.4 is 15.5 Å². The van der Waals surface area contributed by atoms with Crippen molar-refractivity contribution in [3.8, 4) is 0 Å². The number of nitrogens with one attached hydrogen (secondary N) is 2. The highest BCUT2D eigenvalue weighted by Gasteiger charge is 2.39. The van der Waals surface area contributed by atoms with Crippen LogP contribution in [0.1, 0.15) is 18.9 Å². The molecule has 3 rings (SSSR count). The highest BCUT2D eigenvalue weighted by Crippen LogP contribution is 2.25. The summed E-state index contributed by atoms with van der Waals surface area (Å²) in [7, 11) is 0. The number of hydrogen-bond donors (Lipinski definition) is 2.